The second-order valence-corrected chi connectivity index (χ2v) is 7.16. The Labute approximate surface area is 154 Å². The summed E-state index contributed by atoms with van der Waals surface area (Å²) in [6, 6.07) is 1.27. The van der Waals surface area contributed by atoms with Gasteiger partial charge >= 0.3 is 5.97 Å². The van der Waals surface area contributed by atoms with Crippen molar-refractivity contribution in [2.75, 3.05) is 31.1 Å². The van der Waals surface area contributed by atoms with Gasteiger partial charge in [-0.1, -0.05) is 0 Å². The van der Waals surface area contributed by atoms with E-state index in [0.29, 0.717) is 13.1 Å². The molecule has 1 aromatic heterocycles. The Morgan fingerprint density at radius 2 is 2.07 bits per heavy atom. The van der Waals surface area contributed by atoms with Crippen LogP contribution in [0.25, 0.3) is 10.9 Å². The summed E-state index contributed by atoms with van der Waals surface area (Å²) in [7, 11) is 0. The standard InChI is InChI=1S/C19H21F2N3O3/c1-2-22-10-13(19(26)27)18(25)12-8-14(20)17(15(21)16(12)22)24-7-6-23-5-3-4-11(23)9-24/h8,10-11H,2-7,9H2,1H3,(H,26,27). The summed E-state index contributed by atoms with van der Waals surface area (Å²) in [6.45, 7) is 4.81. The lowest BCUT2D eigenvalue weighted by molar-refractivity contribution is 0.0695. The molecule has 2 aliphatic heterocycles. The molecule has 1 atom stereocenters. The topological polar surface area (TPSA) is 65.8 Å². The van der Waals surface area contributed by atoms with Crippen molar-refractivity contribution in [3.63, 3.8) is 0 Å². The number of hydrogen-bond donors (Lipinski definition) is 1. The van der Waals surface area contributed by atoms with Crippen LogP contribution in [0.15, 0.2) is 17.1 Å². The third kappa shape index (κ3) is 2.79. The number of aryl methyl sites for hydroxylation is 1. The Balaban J connectivity index is 1.89. The van der Waals surface area contributed by atoms with Gasteiger partial charge < -0.3 is 14.6 Å². The Morgan fingerprint density at radius 3 is 2.78 bits per heavy atom. The fourth-order valence-corrected chi connectivity index (χ4v) is 4.36. The number of piperazine rings is 1. The van der Waals surface area contributed by atoms with Gasteiger partial charge in [-0.25, -0.2) is 13.6 Å². The van der Waals surface area contributed by atoms with E-state index < -0.39 is 28.6 Å². The number of pyridine rings is 1. The number of benzene rings is 1. The SMILES string of the molecule is CCn1cc(C(=O)O)c(=O)c2cc(F)c(N3CCN4CCCC4C3)c(F)c21. The highest BCUT2D eigenvalue weighted by atomic mass is 19.1. The summed E-state index contributed by atoms with van der Waals surface area (Å²) in [4.78, 5) is 27.8. The molecule has 0 saturated carbocycles. The first kappa shape index (κ1) is 17.9. The molecule has 2 aromatic rings. The summed E-state index contributed by atoms with van der Waals surface area (Å²) in [5.41, 5.74) is -1.53. The van der Waals surface area contributed by atoms with E-state index in [1.165, 1.54) is 4.57 Å². The molecule has 0 aliphatic carbocycles. The van der Waals surface area contributed by atoms with Gasteiger partial charge in [0.25, 0.3) is 0 Å². The summed E-state index contributed by atoms with van der Waals surface area (Å²) in [5.74, 6) is -3.03. The van der Waals surface area contributed by atoms with E-state index >= 15 is 4.39 Å². The zero-order valence-electron chi connectivity index (χ0n) is 15.0. The van der Waals surface area contributed by atoms with E-state index in [1.807, 2.05) is 0 Å². The molecule has 6 nitrogen and oxygen atoms in total. The number of anilines is 1. The van der Waals surface area contributed by atoms with Crippen LogP contribution in [0, 0.1) is 11.6 Å². The van der Waals surface area contributed by atoms with Crippen molar-refractivity contribution in [1.29, 1.82) is 0 Å². The Morgan fingerprint density at radius 1 is 1.30 bits per heavy atom. The Bertz CT molecular complexity index is 989. The van der Waals surface area contributed by atoms with Crippen molar-refractivity contribution in [3.8, 4) is 0 Å². The van der Waals surface area contributed by atoms with E-state index in [9.17, 15) is 19.1 Å². The van der Waals surface area contributed by atoms with Gasteiger partial charge in [-0.2, -0.15) is 0 Å². The second-order valence-electron chi connectivity index (χ2n) is 7.16. The molecule has 4 rings (SSSR count). The number of aromatic nitrogens is 1. The molecule has 2 saturated heterocycles. The number of carbonyl (C=O) groups is 1. The van der Waals surface area contributed by atoms with Gasteiger partial charge in [-0.05, 0) is 32.4 Å². The minimum absolute atomic E-state index is 0.0437. The maximum Gasteiger partial charge on any atom is 0.341 e. The normalized spacial score (nSPS) is 20.3. The van der Waals surface area contributed by atoms with Gasteiger partial charge in [-0.3, -0.25) is 9.69 Å². The number of carboxylic acid groups (broad SMARTS) is 1. The molecule has 144 valence electrons. The molecule has 2 fully saturated rings. The van der Waals surface area contributed by atoms with Crippen LogP contribution in [-0.2, 0) is 6.54 Å². The first-order chi connectivity index (χ1) is 12.9. The van der Waals surface area contributed by atoms with Crippen molar-refractivity contribution in [2.45, 2.75) is 32.4 Å². The molecular formula is C19H21F2N3O3. The summed E-state index contributed by atoms with van der Waals surface area (Å²) < 4.78 is 31.6. The predicted octanol–water partition coefficient (Wildman–Crippen LogP) is 2.28. The van der Waals surface area contributed by atoms with E-state index in [0.717, 1.165) is 38.2 Å². The average molecular weight is 377 g/mol. The molecular weight excluding hydrogens is 356 g/mol. The van der Waals surface area contributed by atoms with Crippen molar-refractivity contribution < 1.29 is 18.7 Å². The number of carboxylic acids is 1. The number of rotatable bonds is 3. The summed E-state index contributed by atoms with van der Waals surface area (Å²) in [6.07, 6.45) is 3.23. The highest BCUT2D eigenvalue weighted by molar-refractivity contribution is 5.93. The number of aromatic carboxylic acids is 1. The fourth-order valence-electron chi connectivity index (χ4n) is 4.36. The molecule has 3 heterocycles. The Kier molecular flexibility index (Phi) is 4.38. The number of fused-ring (bicyclic) bond motifs is 2. The van der Waals surface area contributed by atoms with E-state index in [2.05, 4.69) is 4.90 Å². The highest BCUT2D eigenvalue weighted by Gasteiger charge is 2.33. The van der Waals surface area contributed by atoms with Crippen LogP contribution in [0.5, 0.6) is 0 Å². The van der Waals surface area contributed by atoms with Crippen molar-refractivity contribution in [1.82, 2.24) is 9.47 Å². The predicted molar refractivity (Wildman–Crippen MR) is 97.6 cm³/mol. The molecule has 1 aromatic carbocycles. The smallest absolute Gasteiger partial charge is 0.341 e. The van der Waals surface area contributed by atoms with Crippen molar-refractivity contribution >= 4 is 22.6 Å². The van der Waals surface area contributed by atoms with Crippen LogP contribution in [0.4, 0.5) is 14.5 Å². The first-order valence-corrected chi connectivity index (χ1v) is 9.19. The van der Waals surface area contributed by atoms with Gasteiger partial charge in [-0.15, -0.1) is 0 Å². The number of nitrogens with zero attached hydrogens (tertiary/aromatic N) is 3. The van der Waals surface area contributed by atoms with Crippen molar-refractivity contribution in [2.24, 2.45) is 0 Å². The monoisotopic (exact) mass is 377 g/mol. The van der Waals surface area contributed by atoms with Crippen LogP contribution in [-0.4, -0.2) is 52.8 Å². The van der Waals surface area contributed by atoms with E-state index in [1.54, 1.807) is 11.8 Å². The average Bonchev–Trinajstić information content (AvgIpc) is 3.10. The quantitative estimate of drug-likeness (QED) is 0.889. The third-order valence-electron chi connectivity index (χ3n) is 5.70. The second kappa shape index (κ2) is 6.60. The zero-order chi connectivity index (χ0) is 19.3. The molecule has 8 heteroatoms. The van der Waals surface area contributed by atoms with Crippen LogP contribution in [0.3, 0.4) is 0 Å². The van der Waals surface area contributed by atoms with E-state index in [-0.39, 0.29) is 29.2 Å². The number of halogens is 2. The van der Waals surface area contributed by atoms with E-state index in [4.69, 9.17) is 0 Å². The Hall–Kier alpha value is -2.48. The molecule has 0 spiro atoms. The van der Waals surface area contributed by atoms with Crippen LogP contribution in [0.2, 0.25) is 0 Å². The molecule has 0 radical (unpaired) electrons. The fraction of sp³-hybridized carbons (Fsp3) is 0.474. The highest BCUT2D eigenvalue weighted by Crippen LogP contribution is 2.33. The maximum absolute atomic E-state index is 15.4. The molecule has 27 heavy (non-hydrogen) atoms. The summed E-state index contributed by atoms with van der Waals surface area (Å²) >= 11 is 0. The lowest BCUT2D eigenvalue weighted by atomic mass is 10.1. The molecule has 1 unspecified atom stereocenters. The number of hydrogen-bond acceptors (Lipinski definition) is 4. The van der Waals surface area contributed by atoms with Crippen LogP contribution < -0.4 is 10.3 Å². The molecule has 0 amide bonds. The maximum atomic E-state index is 15.4. The lowest BCUT2D eigenvalue weighted by Crippen LogP contribution is -2.50. The van der Waals surface area contributed by atoms with Gasteiger partial charge in [0.15, 0.2) is 5.82 Å². The molecule has 2 aliphatic rings. The van der Waals surface area contributed by atoms with Gasteiger partial charge in [0.2, 0.25) is 5.43 Å². The minimum atomic E-state index is -1.41. The van der Waals surface area contributed by atoms with Crippen LogP contribution >= 0.6 is 0 Å². The lowest BCUT2D eigenvalue weighted by Gasteiger charge is -2.39. The summed E-state index contributed by atoms with van der Waals surface area (Å²) in [5, 5.41) is 8.97. The van der Waals surface area contributed by atoms with Gasteiger partial charge in [0, 0.05) is 38.4 Å². The molecule has 1 N–H and O–H groups in total. The first-order valence-electron chi connectivity index (χ1n) is 9.19. The zero-order valence-corrected chi connectivity index (χ0v) is 15.0. The molecule has 0 bridgehead atoms. The van der Waals surface area contributed by atoms with Crippen LogP contribution in [0.1, 0.15) is 30.1 Å². The van der Waals surface area contributed by atoms with Crippen molar-refractivity contribution in [3.05, 3.63) is 39.7 Å². The van der Waals surface area contributed by atoms with Gasteiger partial charge in [0.1, 0.15) is 17.1 Å². The van der Waals surface area contributed by atoms with Gasteiger partial charge in [0.05, 0.1) is 10.9 Å². The third-order valence-corrected chi connectivity index (χ3v) is 5.70. The minimum Gasteiger partial charge on any atom is -0.477 e. The largest absolute Gasteiger partial charge is 0.477 e.